The summed E-state index contributed by atoms with van der Waals surface area (Å²) in [4.78, 5) is 0. The Kier molecular flexibility index (Phi) is 7.94. The maximum Gasteiger partial charge on any atom is 2.00 e. The number of rotatable bonds is 1. The van der Waals surface area contributed by atoms with Gasteiger partial charge in [-0.25, -0.2) is 0 Å². The van der Waals surface area contributed by atoms with Crippen LogP contribution in [0.4, 0.5) is 0 Å². The van der Waals surface area contributed by atoms with Gasteiger partial charge in [0.05, 0.1) is 5.60 Å². The first-order valence-corrected chi connectivity index (χ1v) is 3.73. The van der Waals surface area contributed by atoms with Gasteiger partial charge in [0.25, 0.3) is 0 Å². The van der Waals surface area contributed by atoms with E-state index in [9.17, 15) is 0 Å². The molecule has 3 heteroatoms. The van der Waals surface area contributed by atoms with Crippen molar-refractivity contribution in [2.24, 2.45) is 0 Å². The molecular weight excluding hydrogens is 240 g/mol. The van der Waals surface area contributed by atoms with Crippen LogP contribution in [0.1, 0.15) is 20.8 Å². The summed E-state index contributed by atoms with van der Waals surface area (Å²) in [6.45, 7) is 6.09. The van der Waals surface area contributed by atoms with Gasteiger partial charge in [-0.15, -0.1) is 24.6 Å². The smallest absolute Gasteiger partial charge is 1.00 e. The number of hydrogen-bond acceptors (Lipinski definition) is 1. The van der Waals surface area contributed by atoms with Crippen LogP contribution >= 0.6 is 0 Å². The summed E-state index contributed by atoms with van der Waals surface area (Å²) >= 11 is 0. The van der Waals surface area contributed by atoms with E-state index >= 15 is 0 Å². The molecule has 0 unspecified atom stereocenters. The number of ether oxygens (including phenoxy) is 1. The van der Waals surface area contributed by atoms with Crippen LogP contribution in [0, 0.1) is 6.42 Å². The number of hydrogen-bond donors (Lipinski definition) is 0. The molecule has 0 saturated heterocycles. The molecule has 0 N–H and O–H groups in total. The van der Waals surface area contributed by atoms with Gasteiger partial charge in [0.1, 0.15) is 0 Å². The van der Waals surface area contributed by atoms with Crippen molar-refractivity contribution >= 4 is 23.1 Å². The standard InChI is InChI=1S/C10H13O.BrH.Mg/c1-10(2,3)11-9-7-5-4-6-8-9;;/h5-8H,1-3H3;1H;/q-1;;+2/p-1. The first-order valence-electron chi connectivity index (χ1n) is 3.73. The summed E-state index contributed by atoms with van der Waals surface area (Å²) in [5.41, 5.74) is 2.83. The Balaban J connectivity index is 0. The SMILES string of the molecule is CC(C)(C)OC1=CC=C=C[CH-]1.[Br-].[Mg+2]. The van der Waals surface area contributed by atoms with Gasteiger partial charge in [0, 0.05) is 5.76 Å². The minimum atomic E-state index is -0.110. The summed E-state index contributed by atoms with van der Waals surface area (Å²) in [5, 5.41) is 0. The molecule has 0 heterocycles. The maximum absolute atomic E-state index is 5.58. The van der Waals surface area contributed by atoms with Crippen LogP contribution < -0.4 is 17.0 Å². The van der Waals surface area contributed by atoms with E-state index in [1.807, 2.05) is 45.4 Å². The normalized spacial score (nSPS) is 13.3. The minimum absolute atomic E-state index is 0. The molecule has 68 valence electrons. The van der Waals surface area contributed by atoms with Crippen molar-refractivity contribution in [1.29, 1.82) is 0 Å². The van der Waals surface area contributed by atoms with Gasteiger partial charge in [-0.3, -0.25) is 5.73 Å². The predicted octanol–water partition coefficient (Wildman–Crippen LogP) is -0.762. The third-order valence-corrected chi connectivity index (χ3v) is 1.11. The van der Waals surface area contributed by atoms with E-state index in [4.69, 9.17) is 4.74 Å². The molecule has 1 rings (SSSR count). The quantitative estimate of drug-likeness (QED) is 0.339. The van der Waals surface area contributed by atoms with Crippen molar-refractivity contribution in [3.8, 4) is 0 Å². The van der Waals surface area contributed by atoms with Gasteiger partial charge >= 0.3 is 23.1 Å². The van der Waals surface area contributed by atoms with E-state index < -0.39 is 0 Å². The average Bonchev–Trinajstić information content (AvgIpc) is 1.85. The van der Waals surface area contributed by atoms with Gasteiger partial charge in [0.15, 0.2) is 0 Å². The van der Waals surface area contributed by atoms with Crippen molar-refractivity contribution in [3.63, 3.8) is 0 Å². The van der Waals surface area contributed by atoms with E-state index in [-0.39, 0.29) is 45.6 Å². The molecule has 0 atom stereocenters. The van der Waals surface area contributed by atoms with Gasteiger partial charge in [-0.05, 0) is 20.8 Å². The van der Waals surface area contributed by atoms with Crippen LogP contribution in [0.2, 0.25) is 0 Å². The minimum Gasteiger partial charge on any atom is -1.00 e. The largest absolute Gasteiger partial charge is 2.00 e. The fourth-order valence-electron chi connectivity index (χ4n) is 0.793. The monoisotopic (exact) mass is 252 g/mol. The van der Waals surface area contributed by atoms with Crippen LogP contribution in [0.5, 0.6) is 0 Å². The van der Waals surface area contributed by atoms with Gasteiger partial charge in [0.2, 0.25) is 0 Å². The van der Waals surface area contributed by atoms with Crippen LogP contribution in [0.15, 0.2) is 29.7 Å². The van der Waals surface area contributed by atoms with Crippen LogP contribution in [-0.2, 0) is 4.74 Å². The van der Waals surface area contributed by atoms with Crippen molar-refractivity contribution in [1.82, 2.24) is 0 Å². The summed E-state index contributed by atoms with van der Waals surface area (Å²) in [6.07, 6.45) is 7.51. The van der Waals surface area contributed by atoms with E-state index in [1.165, 1.54) is 0 Å². The first-order chi connectivity index (χ1) is 5.08. The molecule has 1 aliphatic carbocycles. The van der Waals surface area contributed by atoms with Gasteiger partial charge in [-0.1, -0.05) is 0 Å². The molecule has 0 radical (unpaired) electrons. The molecule has 0 spiro atoms. The second-order valence-electron chi connectivity index (χ2n) is 3.45. The Hall–Kier alpha value is 0.176. The molecule has 0 aliphatic heterocycles. The second kappa shape index (κ2) is 6.60. The predicted molar refractivity (Wildman–Crippen MR) is 51.6 cm³/mol. The Morgan fingerprint density at radius 2 is 2.00 bits per heavy atom. The van der Waals surface area contributed by atoms with E-state index in [1.54, 1.807) is 0 Å². The molecule has 0 fully saturated rings. The van der Waals surface area contributed by atoms with Crippen LogP contribution in [0.25, 0.3) is 0 Å². The van der Waals surface area contributed by atoms with E-state index in [2.05, 4.69) is 5.73 Å². The fraction of sp³-hybridized carbons (Fsp3) is 0.400. The summed E-state index contributed by atoms with van der Waals surface area (Å²) in [6, 6.07) is 0. The molecule has 0 aromatic rings. The summed E-state index contributed by atoms with van der Waals surface area (Å²) < 4.78 is 5.58. The molecular formula is C10H13BrMgO. The number of halogens is 1. The van der Waals surface area contributed by atoms with Crippen molar-refractivity contribution in [2.75, 3.05) is 0 Å². The van der Waals surface area contributed by atoms with Crippen molar-refractivity contribution in [2.45, 2.75) is 26.4 Å². The van der Waals surface area contributed by atoms with Crippen molar-refractivity contribution in [3.05, 3.63) is 36.1 Å². The zero-order valence-electron chi connectivity index (χ0n) is 8.30. The Labute approximate surface area is 107 Å². The average molecular weight is 253 g/mol. The second-order valence-corrected chi connectivity index (χ2v) is 3.45. The Morgan fingerprint density at radius 1 is 1.38 bits per heavy atom. The third-order valence-electron chi connectivity index (χ3n) is 1.11. The van der Waals surface area contributed by atoms with Crippen molar-refractivity contribution < 1.29 is 21.7 Å². The fourth-order valence-corrected chi connectivity index (χ4v) is 0.793. The molecule has 0 aromatic carbocycles. The Morgan fingerprint density at radius 3 is 2.38 bits per heavy atom. The maximum atomic E-state index is 5.58. The van der Waals surface area contributed by atoms with E-state index in [0.717, 1.165) is 5.76 Å². The molecule has 0 aromatic heterocycles. The Bertz CT molecular complexity index is 232. The molecule has 1 aliphatic rings. The van der Waals surface area contributed by atoms with Gasteiger partial charge in [-0.2, -0.15) is 0 Å². The summed E-state index contributed by atoms with van der Waals surface area (Å²) in [5.74, 6) is 0.899. The van der Waals surface area contributed by atoms with Crippen LogP contribution in [0.3, 0.4) is 0 Å². The topological polar surface area (TPSA) is 9.23 Å². The van der Waals surface area contributed by atoms with Gasteiger partial charge < -0.3 is 21.7 Å². The van der Waals surface area contributed by atoms with E-state index in [0.29, 0.717) is 0 Å². The third kappa shape index (κ3) is 7.26. The summed E-state index contributed by atoms with van der Waals surface area (Å²) in [7, 11) is 0. The molecule has 0 amide bonds. The molecule has 1 nitrogen and oxygen atoms in total. The molecule has 13 heavy (non-hydrogen) atoms. The molecule has 0 bridgehead atoms. The first kappa shape index (κ1) is 15.6. The number of allylic oxidation sites excluding steroid dienone is 2. The zero-order valence-corrected chi connectivity index (χ0v) is 11.3. The zero-order chi connectivity index (χ0) is 8.32. The molecule has 0 saturated carbocycles. The van der Waals surface area contributed by atoms with Crippen LogP contribution in [-0.4, -0.2) is 28.7 Å².